The molecular weight excluding hydrogens is 76.3 g/mol. The van der Waals surface area contributed by atoms with E-state index in [1.165, 1.54) is 12.1 Å². The van der Waals surface area contributed by atoms with Crippen molar-refractivity contribution in [1.29, 1.82) is 10.5 Å². The molecule has 0 radical (unpaired) electrons. The Labute approximate surface area is 46.2 Å². The van der Waals surface area contributed by atoms with Gasteiger partial charge >= 0.3 is 23.1 Å². The first-order chi connectivity index (χ1) is 1.91. The van der Waals surface area contributed by atoms with E-state index in [2.05, 4.69) is 0 Å². The summed E-state index contributed by atoms with van der Waals surface area (Å²) < 4.78 is 0. The van der Waals surface area contributed by atoms with E-state index in [4.69, 9.17) is 10.5 Å². The minimum atomic E-state index is 0. The van der Waals surface area contributed by atoms with E-state index in [1.807, 2.05) is 0 Å². The van der Waals surface area contributed by atoms with E-state index in [0.29, 0.717) is 0 Å². The van der Waals surface area contributed by atoms with Gasteiger partial charge in [0.25, 0.3) is 0 Å². The van der Waals surface area contributed by atoms with Crippen molar-refractivity contribution < 1.29 is 0 Å². The van der Waals surface area contributed by atoms with Crippen molar-refractivity contribution in [3.05, 3.63) is 0 Å². The maximum atomic E-state index is 7.26. The first-order valence-corrected chi connectivity index (χ1v) is 0.697. The van der Waals surface area contributed by atoms with E-state index < -0.39 is 0 Å². The first-order valence-electron chi connectivity index (χ1n) is 0.697. The van der Waals surface area contributed by atoms with Crippen molar-refractivity contribution >= 4 is 23.1 Å². The molecule has 22 valence electrons. The van der Waals surface area contributed by atoms with Gasteiger partial charge < -0.3 is 0 Å². The SMILES string of the molecule is N#CC#N.[MgH2]. The zero-order valence-electron chi connectivity index (χ0n) is 1.89. The molecule has 0 atom stereocenters. The molecule has 0 bridgehead atoms. The second-order valence-electron chi connectivity index (χ2n) is 0.224. The molecule has 0 aromatic rings. The molecular formula is C2H2MgN2. The van der Waals surface area contributed by atoms with Gasteiger partial charge in [-0.1, -0.05) is 0 Å². The van der Waals surface area contributed by atoms with Crippen LogP contribution in [0.4, 0.5) is 0 Å². The van der Waals surface area contributed by atoms with Gasteiger partial charge in [0, 0.05) is 0 Å². The quantitative estimate of drug-likeness (QED) is 0.353. The van der Waals surface area contributed by atoms with Crippen LogP contribution in [0.3, 0.4) is 0 Å². The van der Waals surface area contributed by atoms with Crippen molar-refractivity contribution in [2.75, 3.05) is 0 Å². The Morgan fingerprint density at radius 3 is 1.20 bits per heavy atom. The monoisotopic (exact) mass is 78.0 g/mol. The fourth-order valence-electron chi connectivity index (χ4n) is 0. The summed E-state index contributed by atoms with van der Waals surface area (Å²) >= 11 is 0. The lowest BCUT2D eigenvalue weighted by atomic mass is 10.9. The van der Waals surface area contributed by atoms with Crippen LogP contribution >= 0.6 is 0 Å². The Hall–Kier alpha value is -0.254. The van der Waals surface area contributed by atoms with Gasteiger partial charge in [0.05, 0.1) is 0 Å². The molecule has 2 nitrogen and oxygen atoms in total. The third-order valence-electron chi connectivity index (χ3n) is 0.0500. The highest BCUT2D eigenvalue weighted by molar-refractivity contribution is 5.75. The Kier molecular flexibility index (Phi) is 16.4. The Morgan fingerprint density at radius 1 is 1.00 bits per heavy atom. The van der Waals surface area contributed by atoms with E-state index in [9.17, 15) is 0 Å². The van der Waals surface area contributed by atoms with Gasteiger partial charge in [-0.15, -0.1) is 0 Å². The number of hydrogen-bond acceptors (Lipinski definition) is 2. The number of nitriles is 2. The topological polar surface area (TPSA) is 47.6 Å². The maximum absolute atomic E-state index is 7.26. The van der Waals surface area contributed by atoms with Crippen molar-refractivity contribution in [2.45, 2.75) is 0 Å². The minimum Gasteiger partial charge on any atom is -0.181 e. The zero-order chi connectivity index (χ0) is 3.41. The highest BCUT2D eigenvalue weighted by Gasteiger charge is 1.39. The standard InChI is InChI=1S/C2N2.Mg.2H/c3-1-2-4;;;. The van der Waals surface area contributed by atoms with Crippen molar-refractivity contribution in [3.8, 4) is 12.1 Å². The summed E-state index contributed by atoms with van der Waals surface area (Å²) in [6, 6.07) is 2.47. The Morgan fingerprint density at radius 2 is 1.20 bits per heavy atom. The molecule has 0 amide bonds. The summed E-state index contributed by atoms with van der Waals surface area (Å²) in [4.78, 5) is 0. The Bertz CT molecular complexity index is 62.6. The molecule has 5 heavy (non-hydrogen) atoms. The van der Waals surface area contributed by atoms with Gasteiger partial charge in [0.15, 0.2) is 12.1 Å². The minimum absolute atomic E-state index is 0. The molecule has 0 unspecified atom stereocenters. The first kappa shape index (κ1) is 8.83. The predicted molar refractivity (Wildman–Crippen MR) is 19.8 cm³/mol. The van der Waals surface area contributed by atoms with Crippen LogP contribution < -0.4 is 0 Å². The van der Waals surface area contributed by atoms with Crippen molar-refractivity contribution in [1.82, 2.24) is 0 Å². The summed E-state index contributed by atoms with van der Waals surface area (Å²) in [5.41, 5.74) is 0. The van der Waals surface area contributed by atoms with Crippen LogP contribution in [0.15, 0.2) is 0 Å². The average molecular weight is 78.4 g/mol. The summed E-state index contributed by atoms with van der Waals surface area (Å²) in [5.74, 6) is 0. The van der Waals surface area contributed by atoms with Crippen LogP contribution in [0.2, 0.25) is 0 Å². The van der Waals surface area contributed by atoms with Crippen LogP contribution in [0, 0.1) is 22.7 Å². The molecule has 0 aliphatic heterocycles. The van der Waals surface area contributed by atoms with Gasteiger partial charge in [0.2, 0.25) is 0 Å². The van der Waals surface area contributed by atoms with E-state index in [-0.39, 0.29) is 23.1 Å². The van der Waals surface area contributed by atoms with Gasteiger partial charge in [-0.2, -0.15) is 10.5 Å². The molecule has 0 aromatic carbocycles. The van der Waals surface area contributed by atoms with Crippen LogP contribution in [-0.2, 0) is 0 Å². The summed E-state index contributed by atoms with van der Waals surface area (Å²) in [7, 11) is 0. The van der Waals surface area contributed by atoms with Crippen molar-refractivity contribution in [2.24, 2.45) is 0 Å². The van der Waals surface area contributed by atoms with E-state index in [0.717, 1.165) is 0 Å². The lowest BCUT2D eigenvalue weighted by Gasteiger charge is -1.16. The predicted octanol–water partition coefficient (Wildman–Crippen LogP) is -0.883. The summed E-state index contributed by atoms with van der Waals surface area (Å²) in [6.45, 7) is 0. The molecule has 0 rings (SSSR count). The lowest BCUT2D eigenvalue weighted by Crippen LogP contribution is -1.26. The molecule has 0 N–H and O–H groups in total. The third kappa shape index (κ3) is 20.5. The molecule has 0 heterocycles. The molecule has 0 aliphatic rings. The van der Waals surface area contributed by atoms with Crippen LogP contribution in [-0.4, -0.2) is 23.1 Å². The maximum Gasteiger partial charge on any atom is 0.316 e. The number of nitrogens with zero attached hydrogens (tertiary/aromatic N) is 2. The normalized spacial score (nSPS) is 2.00. The van der Waals surface area contributed by atoms with E-state index in [1.54, 1.807) is 0 Å². The average Bonchev–Trinajstić information content (AvgIpc) is 1.37. The molecule has 0 saturated heterocycles. The molecule has 0 saturated carbocycles. The Balaban J connectivity index is 0. The highest BCUT2D eigenvalue weighted by Crippen LogP contribution is 1.27. The third-order valence-corrected chi connectivity index (χ3v) is 0.0500. The second kappa shape index (κ2) is 9.27. The number of hydrogen-bond donors (Lipinski definition) is 0. The van der Waals surface area contributed by atoms with Gasteiger partial charge in [-0.25, -0.2) is 0 Å². The summed E-state index contributed by atoms with van der Waals surface area (Å²) in [6.07, 6.45) is 0. The smallest absolute Gasteiger partial charge is 0.181 e. The zero-order valence-corrected chi connectivity index (χ0v) is 1.89. The van der Waals surface area contributed by atoms with Crippen LogP contribution in [0.1, 0.15) is 0 Å². The fourth-order valence-corrected chi connectivity index (χ4v) is 0. The van der Waals surface area contributed by atoms with Crippen LogP contribution in [0.5, 0.6) is 0 Å². The van der Waals surface area contributed by atoms with Gasteiger partial charge in [-0.3, -0.25) is 0 Å². The highest BCUT2D eigenvalue weighted by atomic mass is 24.3. The summed E-state index contributed by atoms with van der Waals surface area (Å²) in [5, 5.41) is 14.5. The van der Waals surface area contributed by atoms with Gasteiger partial charge in [0.1, 0.15) is 0 Å². The molecule has 0 aliphatic carbocycles. The molecule has 0 fully saturated rings. The lowest BCUT2D eigenvalue weighted by molar-refractivity contribution is 1.49. The van der Waals surface area contributed by atoms with E-state index >= 15 is 0 Å². The molecule has 0 aromatic heterocycles. The number of rotatable bonds is 0. The largest absolute Gasteiger partial charge is 0.316 e. The van der Waals surface area contributed by atoms with Crippen molar-refractivity contribution in [3.63, 3.8) is 0 Å². The van der Waals surface area contributed by atoms with Crippen LogP contribution in [0.25, 0.3) is 0 Å². The fraction of sp³-hybridized carbons (Fsp3) is 0. The molecule has 3 heteroatoms. The second-order valence-corrected chi connectivity index (χ2v) is 0.224. The molecule has 0 spiro atoms. The van der Waals surface area contributed by atoms with Gasteiger partial charge in [-0.05, 0) is 0 Å².